The van der Waals surface area contributed by atoms with Crippen molar-refractivity contribution in [3.63, 3.8) is 0 Å². The van der Waals surface area contributed by atoms with Gasteiger partial charge in [0.15, 0.2) is 0 Å². The monoisotopic (exact) mass is 373 g/mol. The van der Waals surface area contributed by atoms with Crippen molar-refractivity contribution in [1.82, 2.24) is 14.8 Å². The number of aromatic nitrogens is 3. The molecule has 0 fully saturated rings. The fourth-order valence-corrected chi connectivity index (χ4v) is 3.64. The van der Waals surface area contributed by atoms with Gasteiger partial charge in [0, 0.05) is 11.4 Å². The lowest BCUT2D eigenvalue weighted by atomic mass is 9.95. The van der Waals surface area contributed by atoms with Crippen LogP contribution in [-0.4, -0.2) is 33.0 Å². The number of carbonyl (C=O) groups excluding carboxylic acids is 1. The lowest BCUT2D eigenvalue weighted by Crippen LogP contribution is -2.31. The Hall–Kier alpha value is -2.48. The first-order valence-corrected chi connectivity index (χ1v) is 9.63. The van der Waals surface area contributed by atoms with Gasteiger partial charge in [-0.05, 0) is 38.0 Å². The summed E-state index contributed by atoms with van der Waals surface area (Å²) in [6, 6.07) is 7.21. The van der Waals surface area contributed by atoms with E-state index < -0.39 is 11.9 Å². The fraction of sp³-hybridized carbons (Fsp3) is 0.389. The second-order valence-corrected chi connectivity index (χ2v) is 7.01. The molecule has 0 saturated carbocycles. The van der Waals surface area contributed by atoms with Crippen LogP contribution in [-0.2, 0) is 4.79 Å². The maximum atomic E-state index is 12.2. The first kappa shape index (κ1) is 18.3. The third kappa shape index (κ3) is 3.55. The molecule has 1 amide bonds. The first-order valence-electron chi connectivity index (χ1n) is 8.64. The van der Waals surface area contributed by atoms with Crippen molar-refractivity contribution < 1.29 is 9.53 Å². The SMILES string of the molecule is CCCSc1nc2n(n1)C(c1cccc(OCC)c1)C(C(N)=O)=C(C)N2. The summed E-state index contributed by atoms with van der Waals surface area (Å²) in [4.78, 5) is 16.7. The lowest BCUT2D eigenvalue weighted by Gasteiger charge is -2.27. The van der Waals surface area contributed by atoms with Crippen molar-refractivity contribution in [1.29, 1.82) is 0 Å². The third-order valence-electron chi connectivity index (χ3n) is 4.02. The average molecular weight is 373 g/mol. The maximum Gasteiger partial charge on any atom is 0.248 e. The third-order valence-corrected chi connectivity index (χ3v) is 5.06. The summed E-state index contributed by atoms with van der Waals surface area (Å²) >= 11 is 1.59. The molecule has 0 aliphatic carbocycles. The van der Waals surface area contributed by atoms with E-state index in [-0.39, 0.29) is 0 Å². The standard InChI is InChI=1S/C18H23N5O2S/c1-4-9-26-18-21-17-20-11(3)14(16(19)24)15(23(17)22-18)12-7-6-8-13(10-12)25-5-2/h6-8,10,15H,4-5,9H2,1-3H3,(H2,19,24)(H,20,21,22). The predicted molar refractivity (Wildman–Crippen MR) is 102 cm³/mol. The quantitative estimate of drug-likeness (QED) is 0.725. The van der Waals surface area contributed by atoms with Crippen LogP contribution in [0.1, 0.15) is 38.8 Å². The number of nitrogens with two attached hydrogens (primary N) is 1. The van der Waals surface area contributed by atoms with Gasteiger partial charge >= 0.3 is 0 Å². The summed E-state index contributed by atoms with van der Waals surface area (Å²) in [6.45, 7) is 6.44. The van der Waals surface area contributed by atoms with Crippen LogP contribution >= 0.6 is 11.8 Å². The van der Waals surface area contributed by atoms with Gasteiger partial charge in [0.1, 0.15) is 11.8 Å². The predicted octanol–water partition coefficient (Wildman–Crippen LogP) is 2.95. The molecule has 8 heteroatoms. The number of ether oxygens (including phenoxy) is 1. The zero-order valence-corrected chi connectivity index (χ0v) is 16.0. The largest absolute Gasteiger partial charge is 0.494 e. The number of thioether (sulfide) groups is 1. The number of amides is 1. The van der Waals surface area contributed by atoms with Gasteiger partial charge in [-0.3, -0.25) is 4.79 Å². The van der Waals surface area contributed by atoms with Crippen molar-refractivity contribution in [2.75, 3.05) is 17.7 Å². The first-order chi connectivity index (χ1) is 12.5. The van der Waals surface area contributed by atoms with E-state index in [2.05, 4.69) is 22.3 Å². The van der Waals surface area contributed by atoms with Crippen LogP contribution in [0.3, 0.4) is 0 Å². The Morgan fingerprint density at radius 2 is 2.23 bits per heavy atom. The topological polar surface area (TPSA) is 95.1 Å². The Labute approximate surface area is 157 Å². The van der Waals surface area contributed by atoms with E-state index in [1.165, 1.54) is 0 Å². The van der Waals surface area contributed by atoms with E-state index in [9.17, 15) is 4.79 Å². The summed E-state index contributed by atoms with van der Waals surface area (Å²) in [5, 5.41) is 8.44. The molecule has 0 saturated heterocycles. The molecule has 1 atom stereocenters. The van der Waals surface area contributed by atoms with E-state index in [0.29, 0.717) is 29.0 Å². The number of nitrogens with one attached hydrogen (secondary N) is 1. The van der Waals surface area contributed by atoms with Crippen LogP contribution in [0.25, 0.3) is 0 Å². The minimum absolute atomic E-state index is 0.437. The number of anilines is 1. The Bertz CT molecular complexity index is 846. The molecule has 0 radical (unpaired) electrons. The van der Waals surface area contributed by atoms with Crippen molar-refractivity contribution in [3.05, 3.63) is 41.1 Å². The zero-order valence-electron chi connectivity index (χ0n) is 15.2. The molecule has 7 nitrogen and oxygen atoms in total. The average Bonchev–Trinajstić information content (AvgIpc) is 3.01. The Balaban J connectivity index is 2.09. The highest BCUT2D eigenvalue weighted by Crippen LogP contribution is 2.36. The Morgan fingerprint density at radius 3 is 2.92 bits per heavy atom. The summed E-state index contributed by atoms with van der Waals surface area (Å²) in [7, 11) is 0. The fourth-order valence-electron chi connectivity index (χ4n) is 2.95. The molecule has 0 bridgehead atoms. The van der Waals surface area contributed by atoms with Gasteiger partial charge in [0.2, 0.25) is 17.0 Å². The summed E-state index contributed by atoms with van der Waals surface area (Å²) in [6.07, 6.45) is 1.03. The van der Waals surface area contributed by atoms with Crippen LogP contribution < -0.4 is 15.8 Å². The number of fused-ring (bicyclic) bond motifs is 1. The molecule has 1 aromatic heterocycles. The molecular weight excluding hydrogens is 350 g/mol. The Morgan fingerprint density at radius 1 is 1.42 bits per heavy atom. The highest BCUT2D eigenvalue weighted by atomic mass is 32.2. The summed E-state index contributed by atoms with van der Waals surface area (Å²) in [5.41, 5.74) is 7.74. The van der Waals surface area contributed by atoms with Gasteiger partial charge in [0.05, 0.1) is 12.2 Å². The second-order valence-electron chi connectivity index (χ2n) is 5.95. The number of primary amides is 1. The van der Waals surface area contributed by atoms with Gasteiger partial charge in [0.25, 0.3) is 0 Å². The molecule has 2 aromatic rings. The van der Waals surface area contributed by atoms with E-state index >= 15 is 0 Å². The van der Waals surface area contributed by atoms with E-state index in [1.807, 2.05) is 38.1 Å². The van der Waals surface area contributed by atoms with Crippen molar-refractivity contribution >= 4 is 23.6 Å². The number of nitrogens with zero attached hydrogens (tertiary/aromatic N) is 3. The van der Waals surface area contributed by atoms with Crippen molar-refractivity contribution in [2.45, 2.75) is 38.4 Å². The summed E-state index contributed by atoms with van der Waals surface area (Å²) < 4.78 is 7.34. The summed E-state index contributed by atoms with van der Waals surface area (Å²) in [5.74, 6) is 1.80. The van der Waals surface area contributed by atoms with Gasteiger partial charge in [-0.2, -0.15) is 4.98 Å². The molecule has 1 aliphatic heterocycles. The maximum absolute atomic E-state index is 12.2. The van der Waals surface area contributed by atoms with E-state index in [4.69, 9.17) is 10.5 Å². The highest BCUT2D eigenvalue weighted by Gasteiger charge is 2.33. The second kappa shape index (κ2) is 7.82. The van der Waals surface area contributed by atoms with E-state index in [1.54, 1.807) is 16.4 Å². The van der Waals surface area contributed by atoms with Crippen LogP contribution in [0.15, 0.2) is 40.7 Å². The molecule has 26 heavy (non-hydrogen) atoms. The number of hydrogen-bond acceptors (Lipinski definition) is 6. The number of rotatable bonds is 7. The molecule has 2 heterocycles. The normalized spacial score (nSPS) is 16.2. The molecular formula is C18H23N5O2S. The lowest BCUT2D eigenvalue weighted by molar-refractivity contribution is -0.115. The number of benzene rings is 1. The van der Waals surface area contributed by atoms with E-state index in [0.717, 1.165) is 23.5 Å². The van der Waals surface area contributed by atoms with Crippen LogP contribution in [0.4, 0.5) is 5.95 Å². The van der Waals surface area contributed by atoms with Gasteiger partial charge < -0.3 is 15.8 Å². The van der Waals surface area contributed by atoms with Crippen molar-refractivity contribution in [2.24, 2.45) is 5.73 Å². The Kier molecular flexibility index (Phi) is 5.51. The van der Waals surface area contributed by atoms with Crippen LogP contribution in [0.5, 0.6) is 5.75 Å². The van der Waals surface area contributed by atoms with Crippen molar-refractivity contribution in [3.8, 4) is 5.75 Å². The number of hydrogen-bond donors (Lipinski definition) is 2. The zero-order chi connectivity index (χ0) is 18.7. The molecule has 3 rings (SSSR count). The smallest absolute Gasteiger partial charge is 0.248 e. The van der Waals surface area contributed by atoms with Crippen LogP contribution in [0.2, 0.25) is 0 Å². The number of carbonyl (C=O) groups is 1. The number of allylic oxidation sites excluding steroid dienone is 1. The molecule has 138 valence electrons. The molecule has 1 unspecified atom stereocenters. The molecule has 1 aliphatic rings. The van der Waals surface area contributed by atoms with Gasteiger partial charge in [-0.15, -0.1) is 5.10 Å². The highest BCUT2D eigenvalue weighted by molar-refractivity contribution is 7.99. The molecule has 3 N–H and O–H groups in total. The molecule has 1 aromatic carbocycles. The molecule has 0 spiro atoms. The van der Waals surface area contributed by atoms with Crippen LogP contribution in [0, 0.1) is 0 Å². The minimum Gasteiger partial charge on any atom is -0.494 e. The minimum atomic E-state index is -0.481. The van der Waals surface area contributed by atoms with Gasteiger partial charge in [-0.25, -0.2) is 4.68 Å². The van der Waals surface area contributed by atoms with Gasteiger partial charge in [-0.1, -0.05) is 30.8 Å².